The Hall–Kier alpha value is -0.700. The summed E-state index contributed by atoms with van der Waals surface area (Å²) in [5, 5.41) is 7.34. The minimum atomic E-state index is 0. The van der Waals surface area contributed by atoms with E-state index in [9.17, 15) is 0 Å². The summed E-state index contributed by atoms with van der Waals surface area (Å²) in [5.74, 6) is 0.962. The van der Waals surface area contributed by atoms with E-state index in [-0.39, 0.29) is 12.4 Å². The van der Waals surface area contributed by atoms with Gasteiger partial charge in [0.15, 0.2) is 0 Å². The van der Waals surface area contributed by atoms with Crippen LogP contribution in [0, 0.1) is 0 Å². The second-order valence-corrected chi connectivity index (χ2v) is 2.30. The first-order valence-electron chi connectivity index (χ1n) is 3.56. The summed E-state index contributed by atoms with van der Waals surface area (Å²) in [4.78, 5) is 0. The van der Waals surface area contributed by atoms with Crippen molar-refractivity contribution in [3.8, 4) is 0 Å². The maximum atomic E-state index is 4.15. The average molecular weight is 176 g/mol. The van der Waals surface area contributed by atoms with Crippen molar-refractivity contribution in [1.82, 2.24) is 9.78 Å². The normalized spacial score (nSPS) is 8.91. The largest absolute Gasteiger partial charge is 0.369 e. The molecule has 0 fully saturated rings. The summed E-state index contributed by atoms with van der Waals surface area (Å²) in [6.45, 7) is 3.13. The van der Waals surface area contributed by atoms with E-state index >= 15 is 0 Å². The predicted octanol–water partition coefficient (Wildman–Crippen LogP) is 1.66. The van der Waals surface area contributed by atoms with Crippen molar-refractivity contribution in [1.29, 1.82) is 0 Å². The van der Waals surface area contributed by atoms with E-state index in [1.165, 1.54) is 0 Å². The molecule has 3 nitrogen and oxygen atoms in total. The molecule has 0 spiro atoms. The number of rotatable bonds is 3. The third kappa shape index (κ3) is 3.28. The Morgan fingerprint density at radius 2 is 2.36 bits per heavy atom. The summed E-state index contributed by atoms with van der Waals surface area (Å²) in [7, 11) is 1.91. The van der Waals surface area contributed by atoms with Crippen LogP contribution in [0.15, 0.2) is 12.3 Å². The van der Waals surface area contributed by atoms with E-state index in [4.69, 9.17) is 0 Å². The van der Waals surface area contributed by atoms with Gasteiger partial charge in [-0.15, -0.1) is 12.4 Å². The highest BCUT2D eigenvalue weighted by atomic mass is 35.5. The summed E-state index contributed by atoms with van der Waals surface area (Å²) >= 11 is 0. The molecule has 1 heterocycles. The van der Waals surface area contributed by atoms with Crippen molar-refractivity contribution >= 4 is 18.2 Å². The molecule has 4 heteroatoms. The number of aromatic nitrogens is 2. The van der Waals surface area contributed by atoms with Crippen LogP contribution in [-0.4, -0.2) is 16.3 Å². The molecule has 0 saturated carbocycles. The molecule has 0 aliphatic heterocycles. The van der Waals surface area contributed by atoms with Crippen LogP contribution in [0.1, 0.15) is 13.3 Å². The van der Waals surface area contributed by atoms with Crippen molar-refractivity contribution in [2.24, 2.45) is 7.05 Å². The molecule has 0 amide bonds. The van der Waals surface area contributed by atoms with E-state index in [1.54, 1.807) is 4.68 Å². The van der Waals surface area contributed by atoms with Gasteiger partial charge in [-0.3, -0.25) is 4.68 Å². The number of anilines is 1. The van der Waals surface area contributed by atoms with Crippen LogP contribution in [0.4, 0.5) is 5.82 Å². The molecule has 1 aromatic rings. The molecule has 0 aliphatic rings. The van der Waals surface area contributed by atoms with Gasteiger partial charge in [0.05, 0.1) is 0 Å². The summed E-state index contributed by atoms with van der Waals surface area (Å²) in [5.41, 5.74) is 0. The predicted molar refractivity (Wildman–Crippen MR) is 49.2 cm³/mol. The van der Waals surface area contributed by atoms with Crippen LogP contribution in [-0.2, 0) is 7.05 Å². The monoisotopic (exact) mass is 175 g/mol. The number of nitrogens with one attached hydrogen (secondary N) is 1. The fourth-order valence-electron chi connectivity index (χ4n) is 0.762. The molecule has 0 bridgehead atoms. The van der Waals surface area contributed by atoms with Crippen LogP contribution in [0.5, 0.6) is 0 Å². The highest BCUT2D eigenvalue weighted by molar-refractivity contribution is 5.85. The molecule has 0 aliphatic carbocycles. The standard InChI is InChI=1S/C7H13N3.ClH/c1-3-5-8-7-4-6-10(2)9-7;/h4,6H,3,5H2,1-2H3,(H,8,9);1H. The molecule has 0 atom stereocenters. The van der Waals surface area contributed by atoms with E-state index in [0.29, 0.717) is 0 Å². The Kier molecular flexibility index (Phi) is 4.70. The molecule has 11 heavy (non-hydrogen) atoms. The molecule has 1 rings (SSSR count). The molecular formula is C7H14ClN3. The minimum Gasteiger partial charge on any atom is -0.369 e. The average Bonchev–Trinajstić information content (AvgIpc) is 2.31. The zero-order chi connectivity index (χ0) is 7.40. The highest BCUT2D eigenvalue weighted by Gasteiger charge is 1.91. The Balaban J connectivity index is 0.000001000. The van der Waals surface area contributed by atoms with Gasteiger partial charge in [0.1, 0.15) is 5.82 Å². The SMILES string of the molecule is CCCNc1ccn(C)n1.Cl. The van der Waals surface area contributed by atoms with Gasteiger partial charge in [-0.1, -0.05) is 6.92 Å². The van der Waals surface area contributed by atoms with Gasteiger partial charge in [0, 0.05) is 25.9 Å². The molecule has 1 N–H and O–H groups in total. The Morgan fingerprint density at radius 1 is 1.64 bits per heavy atom. The lowest BCUT2D eigenvalue weighted by atomic mass is 10.5. The Labute approximate surface area is 73.2 Å². The maximum absolute atomic E-state index is 4.15. The lowest BCUT2D eigenvalue weighted by molar-refractivity contribution is 0.767. The molecule has 1 aromatic heterocycles. The lowest BCUT2D eigenvalue weighted by Gasteiger charge is -1.96. The van der Waals surface area contributed by atoms with Gasteiger partial charge in [-0.2, -0.15) is 5.10 Å². The lowest BCUT2D eigenvalue weighted by Crippen LogP contribution is -2.00. The van der Waals surface area contributed by atoms with E-state index in [2.05, 4.69) is 17.3 Å². The molecule has 0 saturated heterocycles. The third-order valence-corrected chi connectivity index (χ3v) is 1.27. The minimum absolute atomic E-state index is 0. The number of halogens is 1. The zero-order valence-corrected chi connectivity index (χ0v) is 7.69. The molecule has 0 radical (unpaired) electrons. The van der Waals surface area contributed by atoms with Crippen molar-refractivity contribution in [3.05, 3.63) is 12.3 Å². The van der Waals surface area contributed by atoms with Gasteiger partial charge in [-0.05, 0) is 6.42 Å². The molecule has 0 unspecified atom stereocenters. The fourth-order valence-corrected chi connectivity index (χ4v) is 0.762. The molecule has 64 valence electrons. The van der Waals surface area contributed by atoms with Crippen LogP contribution in [0.2, 0.25) is 0 Å². The second kappa shape index (κ2) is 5.02. The number of hydrogen-bond acceptors (Lipinski definition) is 2. The molecular weight excluding hydrogens is 162 g/mol. The van der Waals surface area contributed by atoms with Gasteiger partial charge in [0.2, 0.25) is 0 Å². The quantitative estimate of drug-likeness (QED) is 0.758. The van der Waals surface area contributed by atoms with Gasteiger partial charge in [-0.25, -0.2) is 0 Å². The first-order valence-corrected chi connectivity index (χ1v) is 3.56. The van der Waals surface area contributed by atoms with Gasteiger partial charge in [0.25, 0.3) is 0 Å². The van der Waals surface area contributed by atoms with Crippen LogP contribution >= 0.6 is 12.4 Å². The number of aryl methyl sites for hydroxylation is 1. The summed E-state index contributed by atoms with van der Waals surface area (Å²) in [6, 6.07) is 1.97. The van der Waals surface area contributed by atoms with Crippen molar-refractivity contribution in [2.45, 2.75) is 13.3 Å². The summed E-state index contributed by atoms with van der Waals surface area (Å²) < 4.78 is 1.79. The Morgan fingerprint density at radius 3 is 2.82 bits per heavy atom. The maximum Gasteiger partial charge on any atom is 0.147 e. The smallest absolute Gasteiger partial charge is 0.147 e. The zero-order valence-electron chi connectivity index (χ0n) is 6.87. The van der Waals surface area contributed by atoms with Crippen molar-refractivity contribution in [3.63, 3.8) is 0 Å². The van der Waals surface area contributed by atoms with E-state index < -0.39 is 0 Å². The van der Waals surface area contributed by atoms with Crippen LogP contribution in [0.3, 0.4) is 0 Å². The summed E-state index contributed by atoms with van der Waals surface area (Å²) in [6.07, 6.45) is 3.06. The number of nitrogens with zero attached hydrogens (tertiary/aromatic N) is 2. The van der Waals surface area contributed by atoms with Crippen molar-refractivity contribution in [2.75, 3.05) is 11.9 Å². The first kappa shape index (κ1) is 10.3. The van der Waals surface area contributed by atoms with E-state index in [0.717, 1.165) is 18.8 Å². The molecule has 0 aromatic carbocycles. The van der Waals surface area contributed by atoms with Crippen LogP contribution in [0.25, 0.3) is 0 Å². The van der Waals surface area contributed by atoms with Crippen molar-refractivity contribution < 1.29 is 0 Å². The van der Waals surface area contributed by atoms with Gasteiger partial charge >= 0.3 is 0 Å². The van der Waals surface area contributed by atoms with Gasteiger partial charge < -0.3 is 5.32 Å². The third-order valence-electron chi connectivity index (χ3n) is 1.27. The number of hydrogen-bond donors (Lipinski definition) is 1. The fraction of sp³-hybridized carbons (Fsp3) is 0.571. The highest BCUT2D eigenvalue weighted by Crippen LogP contribution is 1.99. The Bertz CT molecular complexity index is 197. The van der Waals surface area contributed by atoms with E-state index in [1.807, 2.05) is 19.3 Å². The van der Waals surface area contributed by atoms with Crippen LogP contribution < -0.4 is 5.32 Å². The first-order chi connectivity index (χ1) is 4.83. The second-order valence-electron chi connectivity index (χ2n) is 2.30. The topological polar surface area (TPSA) is 29.9 Å².